The Morgan fingerprint density at radius 1 is 0.929 bits per heavy atom. The molecule has 0 fully saturated rings. The van der Waals surface area contributed by atoms with Gasteiger partial charge in [-0.3, -0.25) is 9.59 Å². The van der Waals surface area contributed by atoms with Crippen molar-refractivity contribution in [3.63, 3.8) is 0 Å². The van der Waals surface area contributed by atoms with Crippen LogP contribution in [-0.2, 0) is 19.1 Å². The Balaban J connectivity index is 3.39. The molecule has 0 aliphatic carbocycles. The lowest BCUT2D eigenvalue weighted by Crippen LogP contribution is -2.12. The summed E-state index contributed by atoms with van der Waals surface area (Å²) in [4.78, 5) is 21.4. The zero-order valence-electron chi connectivity index (χ0n) is 7.62. The van der Waals surface area contributed by atoms with Gasteiger partial charge in [-0.1, -0.05) is 11.8 Å². The Morgan fingerprint density at radius 3 is 1.57 bits per heavy atom. The van der Waals surface area contributed by atoms with E-state index in [9.17, 15) is 9.59 Å². The third-order valence-corrected chi connectivity index (χ3v) is 1.10. The lowest BCUT2D eigenvalue weighted by Gasteiger charge is -2.03. The molecule has 74 valence electrons. The van der Waals surface area contributed by atoms with Crippen molar-refractivity contribution < 1.29 is 19.1 Å². The first kappa shape index (κ1) is 12.1. The van der Waals surface area contributed by atoms with Crippen LogP contribution in [0.15, 0.2) is 0 Å². The van der Waals surface area contributed by atoms with E-state index in [0.29, 0.717) is 0 Å². The van der Waals surface area contributed by atoms with Crippen LogP contribution in [-0.4, -0.2) is 25.2 Å². The van der Waals surface area contributed by atoms with Gasteiger partial charge in [0, 0.05) is 0 Å². The molecular formula is C10H10O4. The van der Waals surface area contributed by atoms with Crippen molar-refractivity contribution in [3.8, 4) is 24.7 Å². The summed E-state index contributed by atoms with van der Waals surface area (Å²) in [5.74, 6) is 3.23. The number of carbonyl (C=O) groups excluding carboxylic acids is 2. The highest BCUT2D eigenvalue weighted by Gasteiger charge is 2.02. The van der Waals surface area contributed by atoms with Crippen molar-refractivity contribution in [1.82, 2.24) is 0 Å². The van der Waals surface area contributed by atoms with Gasteiger partial charge in [-0.2, -0.15) is 0 Å². The predicted molar refractivity (Wildman–Crippen MR) is 48.8 cm³/mol. The summed E-state index contributed by atoms with van der Waals surface area (Å²) in [6.45, 7) is -0.00630. The van der Waals surface area contributed by atoms with Crippen LogP contribution < -0.4 is 0 Å². The van der Waals surface area contributed by atoms with Gasteiger partial charge in [0.1, 0.15) is 26.1 Å². The third kappa shape index (κ3) is 6.75. The number of terminal acetylenes is 2. The van der Waals surface area contributed by atoms with Crippen LogP contribution in [0.25, 0.3) is 0 Å². The highest BCUT2D eigenvalue weighted by Crippen LogP contribution is 1.87. The molecule has 0 aliphatic rings. The summed E-state index contributed by atoms with van der Waals surface area (Å²) in [5.41, 5.74) is 0. The fraction of sp³-hybridized carbons (Fsp3) is 0.400. The van der Waals surface area contributed by atoms with E-state index in [4.69, 9.17) is 12.8 Å². The summed E-state index contributed by atoms with van der Waals surface area (Å²) in [6.07, 6.45) is 9.56. The van der Waals surface area contributed by atoms with Crippen LogP contribution >= 0.6 is 0 Å². The van der Waals surface area contributed by atoms with Gasteiger partial charge in [0.25, 0.3) is 0 Å². The molecule has 0 aromatic carbocycles. The van der Waals surface area contributed by atoms with E-state index >= 15 is 0 Å². The first-order valence-corrected chi connectivity index (χ1v) is 3.89. The Labute approximate surface area is 82.6 Å². The molecule has 4 nitrogen and oxygen atoms in total. The zero-order valence-corrected chi connectivity index (χ0v) is 7.62. The third-order valence-electron chi connectivity index (χ3n) is 1.10. The van der Waals surface area contributed by atoms with E-state index in [2.05, 4.69) is 21.3 Å². The SMILES string of the molecule is C#CCC(=O)OCCOC(=O)CC#C. The van der Waals surface area contributed by atoms with Crippen molar-refractivity contribution in [2.24, 2.45) is 0 Å². The largest absolute Gasteiger partial charge is 0.461 e. The van der Waals surface area contributed by atoms with Gasteiger partial charge in [0.15, 0.2) is 0 Å². The molecule has 0 saturated carbocycles. The number of rotatable bonds is 5. The summed E-state index contributed by atoms with van der Waals surface area (Å²) in [5, 5.41) is 0. The molecule has 0 radical (unpaired) electrons. The molecule has 0 heterocycles. The molecule has 0 saturated heterocycles. The summed E-state index contributed by atoms with van der Waals surface area (Å²) < 4.78 is 9.20. The molecule has 0 unspecified atom stereocenters. The lowest BCUT2D eigenvalue weighted by molar-refractivity contribution is -0.150. The van der Waals surface area contributed by atoms with E-state index < -0.39 is 11.9 Å². The summed E-state index contributed by atoms with van der Waals surface area (Å²) in [7, 11) is 0. The first-order valence-electron chi connectivity index (χ1n) is 3.89. The second kappa shape index (κ2) is 7.70. The van der Waals surface area contributed by atoms with E-state index in [1.165, 1.54) is 0 Å². The molecule has 0 spiro atoms. The van der Waals surface area contributed by atoms with Crippen LogP contribution in [0.3, 0.4) is 0 Å². The quantitative estimate of drug-likeness (QED) is 0.354. The van der Waals surface area contributed by atoms with Gasteiger partial charge >= 0.3 is 11.9 Å². The van der Waals surface area contributed by atoms with Crippen LogP contribution in [0, 0.1) is 24.7 Å². The van der Waals surface area contributed by atoms with Crippen LogP contribution in [0.1, 0.15) is 12.8 Å². The smallest absolute Gasteiger partial charge is 0.318 e. The van der Waals surface area contributed by atoms with Crippen molar-refractivity contribution in [2.45, 2.75) is 12.8 Å². The molecular weight excluding hydrogens is 184 g/mol. The number of hydrogen-bond donors (Lipinski definition) is 0. The average Bonchev–Trinajstić information content (AvgIpc) is 2.13. The molecule has 0 aromatic heterocycles. The lowest BCUT2D eigenvalue weighted by atomic mass is 10.4. The van der Waals surface area contributed by atoms with Crippen molar-refractivity contribution in [1.29, 1.82) is 0 Å². The average molecular weight is 194 g/mol. The topological polar surface area (TPSA) is 52.6 Å². The van der Waals surface area contributed by atoms with Gasteiger partial charge in [-0.05, 0) is 0 Å². The van der Waals surface area contributed by atoms with E-state index in [1.54, 1.807) is 0 Å². The van der Waals surface area contributed by atoms with E-state index in [0.717, 1.165) is 0 Å². The number of hydrogen-bond acceptors (Lipinski definition) is 4. The molecule has 0 N–H and O–H groups in total. The van der Waals surface area contributed by atoms with Gasteiger partial charge < -0.3 is 9.47 Å². The van der Waals surface area contributed by atoms with Gasteiger partial charge in [-0.25, -0.2) is 0 Å². The minimum Gasteiger partial charge on any atom is -0.461 e. The van der Waals surface area contributed by atoms with Crippen LogP contribution in [0.2, 0.25) is 0 Å². The van der Waals surface area contributed by atoms with Crippen molar-refractivity contribution >= 4 is 11.9 Å². The Hall–Kier alpha value is -1.94. The molecule has 0 rings (SSSR count). The minimum atomic E-state index is -0.513. The van der Waals surface area contributed by atoms with E-state index in [1.807, 2.05) is 0 Å². The standard InChI is InChI=1S/C10H10O4/c1-3-5-9(11)13-7-8-14-10(12)6-4-2/h1-2H,5-8H2. The first-order chi connectivity index (χ1) is 6.70. The van der Waals surface area contributed by atoms with Gasteiger partial charge in [-0.15, -0.1) is 12.8 Å². The number of ether oxygens (including phenoxy) is 2. The summed E-state index contributed by atoms with van der Waals surface area (Å²) in [6, 6.07) is 0. The molecule has 0 amide bonds. The second-order valence-electron chi connectivity index (χ2n) is 2.20. The number of esters is 2. The zero-order chi connectivity index (χ0) is 10.8. The highest BCUT2D eigenvalue weighted by atomic mass is 16.6. The van der Waals surface area contributed by atoms with Gasteiger partial charge in [0.05, 0.1) is 0 Å². The number of carbonyl (C=O) groups is 2. The second-order valence-corrected chi connectivity index (χ2v) is 2.20. The van der Waals surface area contributed by atoms with Crippen LogP contribution in [0.5, 0.6) is 0 Å². The Kier molecular flexibility index (Phi) is 6.63. The monoisotopic (exact) mass is 194 g/mol. The maximum Gasteiger partial charge on any atom is 0.318 e. The maximum atomic E-state index is 10.7. The summed E-state index contributed by atoms with van der Waals surface area (Å²) >= 11 is 0. The van der Waals surface area contributed by atoms with Crippen LogP contribution in [0.4, 0.5) is 0 Å². The predicted octanol–water partition coefficient (Wildman–Crippen LogP) is 0.119. The maximum absolute atomic E-state index is 10.7. The molecule has 14 heavy (non-hydrogen) atoms. The Morgan fingerprint density at radius 2 is 1.29 bits per heavy atom. The fourth-order valence-corrected chi connectivity index (χ4v) is 0.580. The molecule has 4 heteroatoms. The fourth-order valence-electron chi connectivity index (χ4n) is 0.580. The minimum absolute atomic E-state index is 0.00315. The van der Waals surface area contributed by atoms with Crippen molar-refractivity contribution in [2.75, 3.05) is 13.2 Å². The van der Waals surface area contributed by atoms with Crippen molar-refractivity contribution in [3.05, 3.63) is 0 Å². The normalized spacial score (nSPS) is 8.14. The molecule has 0 aliphatic heterocycles. The van der Waals surface area contributed by atoms with E-state index in [-0.39, 0.29) is 26.1 Å². The molecule has 0 atom stereocenters. The molecule has 0 bridgehead atoms. The Bertz CT molecular complexity index is 249. The highest BCUT2D eigenvalue weighted by molar-refractivity contribution is 5.72. The molecule has 0 aromatic rings. The van der Waals surface area contributed by atoms with Gasteiger partial charge in [0.2, 0.25) is 0 Å².